The smallest absolute Gasteiger partial charge is 0.108 e. The molecule has 1 aliphatic carbocycles. The summed E-state index contributed by atoms with van der Waals surface area (Å²) in [4.78, 5) is 7.27. The van der Waals surface area contributed by atoms with Crippen LogP contribution in [0.1, 0.15) is 24.8 Å². The Bertz CT molecular complexity index is 553. The highest BCUT2D eigenvalue weighted by molar-refractivity contribution is 6.35. The molecule has 2 nitrogen and oxygen atoms in total. The molecule has 2 unspecified atom stereocenters. The average Bonchev–Trinajstić information content (AvgIpc) is 2.71. The first-order valence-electron chi connectivity index (χ1n) is 6.52. The molecule has 1 saturated heterocycles. The molecule has 2 fully saturated rings. The first-order chi connectivity index (χ1) is 8.70. The van der Waals surface area contributed by atoms with E-state index in [1.54, 1.807) is 0 Å². The Hall–Kier alpha value is -0.730. The number of nitrogens with zero attached hydrogens (tertiary/aromatic N) is 2. The molecule has 0 radical (unpaired) electrons. The van der Waals surface area contributed by atoms with Gasteiger partial charge in [0.15, 0.2) is 0 Å². The molecular weight excluding hydrogens is 267 g/mol. The maximum absolute atomic E-state index is 6.29. The molecule has 4 heteroatoms. The molecule has 2 atom stereocenters. The summed E-state index contributed by atoms with van der Waals surface area (Å²) in [5.74, 6) is 2.80. The van der Waals surface area contributed by atoms with Crippen LogP contribution in [0.3, 0.4) is 0 Å². The van der Waals surface area contributed by atoms with Gasteiger partial charge in [0.1, 0.15) is 5.84 Å². The molecule has 2 aliphatic heterocycles. The number of aliphatic imine (C=N–C) groups is 1. The Morgan fingerprint density at radius 1 is 1.22 bits per heavy atom. The fourth-order valence-corrected chi connectivity index (χ4v) is 4.15. The fraction of sp³-hybridized carbons (Fsp3) is 0.500. The number of hydrogen-bond acceptors (Lipinski definition) is 2. The van der Waals surface area contributed by atoms with E-state index in [0.29, 0.717) is 10.9 Å². The standard InChI is InChI=1S/C14H14Cl2N2/c15-10-4-12(16)11-7-18-6-8-1-2-9(3-8)14(18)17-13(11)5-10/h4-5,8-9H,1-3,6-7H2. The van der Waals surface area contributed by atoms with Crippen molar-refractivity contribution in [3.63, 3.8) is 0 Å². The number of amidine groups is 1. The molecule has 2 bridgehead atoms. The van der Waals surface area contributed by atoms with Gasteiger partial charge in [0.25, 0.3) is 0 Å². The molecule has 3 aliphatic rings. The molecule has 0 spiro atoms. The summed E-state index contributed by atoms with van der Waals surface area (Å²) in [7, 11) is 0. The Morgan fingerprint density at radius 3 is 3.00 bits per heavy atom. The van der Waals surface area contributed by atoms with Crippen LogP contribution < -0.4 is 0 Å². The van der Waals surface area contributed by atoms with Gasteiger partial charge < -0.3 is 4.90 Å². The topological polar surface area (TPSA) is 15.6 Å². The van der Waals surface area contributed by atoms with Gasteiger partial charge >= 0.3 is 0 Å². The van der Waals surface area contributed by atoms with Crippen LogP contribution in [0.15, 0.2) is 17.1 Å². The summed E-state index contributed by atoms with van der Waals surface area (Å²) in [6.45, 7) is 2.05. The number of fused-ring (bicyclic) bond motifs is 5. The van der Waals surface area contributed by atoms with Gasteiger partial charge in [0.05, 0.1) is 5.69 Å². The van der Waals surface area contributed by atoms with Crippen molar-refractivity contribution in [2.75, 3.05) is 6.54 Å². The molecule has 2 heterocycles. The van der Waals surface area contributed by atoms with Gasteiger partial charge in [-0.25, -0.2) is 4.99 Å². The first kappa shape index (κ1) is 11.1. The molecule has 94 valence electrons. The van der Waals surface area contributed by atoms with Crippen molar-refractivity contribution in [2.24, 2.45) is 16.8 Å². The highest BCUT2D eigenvalue weighted by Gasteiger charge is 2.39. The molecule has 0 aromatic heterocycles. The predicted molar refractivity (Wildman–Crippen MR) is 74.8 cm³/mol. The van der Waals surface area contributed by atoms with Gasteiger partial charge in [0, 0.05) is 34.6 Å². The third-order valence-electron chi connectivity index (χ3n) is 4.43. The van der Waals surface area contributed by atoms with Gasteiger partial charge in [-0.15, -0.1) is 0 Å². The number of hydrogen-bond donors (Lipinski definition) is 0. The third-order valence-corrected chi connectivity index (χ3v) is 4.99. The van der Waals surface area contributed by atoms with Crippen LogP contribution in [-0.2, 0) is 6.54 Å². The van der Waals surface area contributed by atoms with Gasteiger partial charge in [-0.3, -0.25) is 0 Å². The Labute approximate surface area is 117 Å². The SMILES string of the molecule is Clc1cc(Cl)c2c(c1)N=C1C3CCC(C3)CN1C2. The fourth-order valence-electron chi connectivity index (χ4n) is 3.61. The Balaban J connectivity index is 1.83. The molecule has 1 saturated carbocycles. The summed E-state index contributed by atoms with van der Waals surface area (Å²) in [5, 5.41) is 1.43. The molecule has 18 heavy (non-hydrogen) atoms. The lowest BCUT2D eigenvalue weighted by atomic mass is 9.95. The van der Waals surface area contributed by atoms with E-state index < -0.39 is 0 Å². The van der Waals surface area contributed by atoms with E-state index >= 15 is 0 Å². The van der Waals surface area contributed by atoms with Crippen molar-refractivity contribution in [3.8, 4) is 0 Å². The van der Waals surface area contributed by atoms with Crippen LogP contribution in [0.4, 0.5) is 5.69 Å². The van der Waals surface area contributed by atoms with Crippen LogP contribution >= 0.6 is 23.2 Å². The number of benzene rings is 1. The summed E-state index contributed by atoms with van der Waals surface area (Å²) in [6.07, 6.45) is 3.97. The Morgan fingerprint density at radius 2 is 2.11 bits per heavy atom. The maximum Gasteiger partial charge on any atom is 0.108 e. The van der Waals surface area contributed by atoms with Crippen LogP contribution in [0.25, 0.3) is 0 Å². The third kappa shape index (κ3) is 1.59. The molecule has 0 amide bonds. The number of rotatable bonds is 0. The zero-order chi connectivity index (χ0) is 12.3. The van der Waals surface area contributed by atoms with Crippen molar-refractivity contribution < 1.29 is 0 Å². The van der Waals surface area contributed by atoms with Crippen LogP contribution in [-0.4, -0.2) is 17.3 Å². The summed E-state index contributed by atoms with van der Waals surface area (Å²) < 4.78 is 0. The van der Waals surface area contributed by atoms with E-state index in [4.69, 9.17) is 28.2 Å². The average molecular weight is 281 g/mol. The minimum absolute atomic E-state index is 0.662. The first-order valence-corrected chi connectivity index (χ1v) is 7.28. The number of halogens is 2. The summed E-state index contributed by atoms with van der Waals surface area (Å²) in [5.41, 5.74) is 2.11. The quantitative estimate of drug-likeness (QED) is 0.693. The largest absolute Gasteiger partial charge is 0.355 e. The zero-order valence-corrected chi connectivity index (χ0v) is 11.5. The predicted octanol–water partition coefficient (Wildman–Crippen LogP) is 4.27. The van der Waals surface area contributed by atoms with Gasteiger partial charge in [-0.2, -0.15) is 0 Å². The van der Waals surface area contributed by atoms with E-state index in [9.17, 15) is 0 Å². The van der Waals surface area contributed by atoms with Crippen molar-refractivity contribution in [2.45, 2.75) is 25.8 Å². The lowest BCUT2D eigenvalue weighted by Gasteiger charge is -2.38. The van der Waals surface area contributed by atoms with E-state index in [0.717, 1.165) is 35.3 Å². The molecular formula is C14H14Cl2N2. The zero-order valence-electron chi connectivity index (χ0n) is 10.00. The normalized spacial score (nSPS) is 28.8. The van der Waals surface area contributed by atoms with E-state index in [-0.39, 0.29) is 0 Å². The van der Waals surface area contributed by atoms with Gasteiger partial charge in [0.2, 0.25) is 0 Å². The lowest BCUT2D eigenvalue weighted by Crippen LogP contribution is -2.42. The van der Waals surface area contributed by atoms with Crippen LogP contribution in [0.2, 0.25) is 10.0 Å². The van der Waals surface area contributed by atoms with Gasteiger partial charge in [-0.1, -0.05) is 23.2 Å². The van der Waals surface area contributed by atoms with E-state index in [2.05, 4.69) is 4.90 Å². The van der Waals surface area contributed by atoms with Gasteiger partial charge in [-0.05, 0) is 37.3 Å². The van der Waals surface area contributed by atoms with Crippen LogP contribution in [0, 0.1) is 11.8 Å². The minimum Gasteiger partial charge on any atom is -0.355 e. The minimum atomic E-state index is 0.662. The van der Waals surface area contributed by atoms with Crippen molar-refractivity contribution in [3.05, 3.63) is 27.7 Å². The van der Waals surface area contributed by atoms with Crippen LogP contribution in [0.5, 0.6) is 0 Å². The lowest BCUT2D eigenvalue weighted by molar-refractivity contribution is 0.291. The second-order valence-electron chi connectivity index (χ2n) is 5.61. The molecule has 0 N–H and O–H groups in total. The molecule has 4 rings (SSSR count). The number of piperidine rings is 1. The van der Waals surface area contributed by atoms with Crippen molar-refractivity contribution in [1.29, 1.82) is 0 Å². The Kier molecular flexibility index (Phi) is 2.40. The molecule has 1 aromatic rings. The highest BCUT2D eigenvalue weighted by Crippen LogP contribution is 2.43. The van der Waals surface area contributed by atoms with E-state index in [1.165, 1.54) is 25.1 Å². The second-order valence-corrected chi connectivity index (χ2v) is 6.46. The van der Waals surface area contributed by atoms with Crippen molar-refractivity contribution >= 4 is 34.7 Å². The molecule has 1 aromatic carbocycles. The summed E-state index contributed by atoms with van der Waals surface area (Å²) in [6, 6.07) is 3.76. The van der Waals surface area contributed by atoms with Crippen molar-refractivity contribution in [1.82, 2.24) is 4.90 Å². The maximum atomic E-state index is 6.29. The highest BCUT2D eigenvalue weighted by atomic mass is 35.5. The summed E-state index contributed by atoms with van der Waals surface area (Å²) >= 11 is 12.4. The monoisotopic (exact) mass is 280 g/mol. The van der Waals surface area contributed by atoms with E-state index in [1.807, 2.05) is 12.1 Å². The second kappa shape index (κ2) is 3.88.